The first kappa shape index (κ1) is 25.1. The maximum atomic E-state index is 12.9. The fourth-order valence-electron chi connectivity index (χ4n) is 3.53. The lowest BCUT2D eigenvalue weighted by Crippen LogP contribution is -2.44. The molecule has 1 aliphatic heterocycles. The zero-order valence-corrected chi connectivity index (χ0v) is 20.0. The molecule has 0 N–H and O–H groups in total. The molecule has 1 saturated heterocycles. The molecule has 0 unspecified atom stereocenters. The molecule has 2 atom stereocenters. The molecule has 182 valence electrons. The average Bonchev–Trinajstić information content (AvgIpc) is 3.22. The summed E-state index contributed by atoms with van der Waals surface area (Å²) in [5.41, 5.74) is 0.558. The average molecular weight is 470 g/mol. The molecule has 0 radical (unpaired) electrons. The van der Waals surface area contributed by atoms with Gasteiger partial charge in [0.15, 0.2) is 0 Å². The van der Waals surface area contributed by atoms with E-state index < -0.39 is 35.8 Å². The van der Waals surface area contributed by atoms with Crippen LogP contribution in [0.25, 0.3) is 0 Å². The molecule has 2 aromatic rings. The molecule has 0 bridgehead atoms. The van der Waals surface area contributed by atoms with Crippen LogP contribution in [0, 0.1) is 0 Å². The summed E-state index contributed by atoms with van der Waals surface area (Å²) in [5.74, 6) is -0.411. The van der Waals surface area contributed by atoms with E-state index in [1.165, 1.54) is 4.90 Å². The molecule has 1 aliphatic rings. The van der Waals surface area contributed by atoms with Crippen LogP contribution in [0.3, 0.4) is 0 Å². The Balaban J connectivity index is 1.68. The van der Waals surface area contributed by atoms with E-state index in [1.807, 2.05) is 30.3 Å². The molecule has 0 saturated carbocycles. The highest BCUT2D eigenvalue weighted by Crippen LogP contribution is 2.26. The first-order valence-electron chi connectivity index (χ1n) is 11.3. The first-order chi connectivity index (χ1) is 16.2. The number of carbonyl (C=O) groups excluding carboxylic acids is 3. The van der Waals surface area contributed by atoms with Crippen LogP contribution >= 0.6 is 0 Å². The van der Waals surface area contributed by atoms with Gasteiger partial charge < -0.3 is 18.9 Å². The molecule has 3 rings (SSSR count). The lowest BCUT2D eigenvalue weighted by Gasteiger charge is -2.27. The molecular formula is C26H31NO7. The van der Waals surface area contributed by atoms with Gasteiger partial charge in [-0.1, -0.05) is 30.3 Å². The van der Waals surface area contributed by atoms with Gasteiger partial charge >= 0.3 is 18.0 Å². The highest BCUT2D eigenvalue weighted by atomic mass is 16.6. The fraction of sp³-hybridized carbons (Fsp3) is 0.423. The van der Waals surface area contributed by atoms with Crippen LogP contribution in [0.2, 0.25) is 0 Å². The number of nitrogens with zero attached hydrogens (tertiary/aromatic N) is 1. The van der Waals surface area contributed by atoms with Gasteiger partial charge in [0.25, 0.3) is 0 Å². The molecule has 8 nitrogen and oxygen atoms in total. The number of benzene rings is 2. The van der Waals surface area contributed by atoms with Gasteiger partial charge in [-0.3, -0.25) is 4.90 Å². The summed E-state index contributed by atoms with van der Waals surface area (Å²) < 4.78 is 22.0. The van der Waals surface area contributed by atoms with Gasteiger partial charge in [-0.2, -0.15) is 0 Å². The number of hydrogen-bond donors (Lipinski definition) is 0. The molecule has 0 spiro atoms. The van der Waals surface area contributed by atoms with Crippen molar-refractivity contribution in [3.63, 3.8) is 0 Å². The van der Waals surface area contributed by atoms with Crippen molar-refractivity contribution in [2.45, 2.75) is 58.5 Å². The molecule has 2 aromatic carbocycles. The van der Waals surface area contributed by atoms with Crippen molar-refractivity contribution in [1.82, 2.24) is 4.90 Å². The smallest absolute Gasteiger partial charge is 0.411 e. The normalized spacial score (nSPS) is 17.7. The van der Waals surface area contributed by atoms with Crippen LogP contribution in [0.4, 0.5) is 4.79 Å². The fourth-order valence-corrected chi connectivity index (χ4v) is 3.53. The number of hydrogen-bond acceptors (Lipinski definition) is 7. The Morgan fingerprint density at radius 2 is 1.65 bits per heavy atom. The SMILES string of the molecule is CCOC(=O)c1ccc(O[C@H]2C[C@@H](C(=O)OCc3ccccc3)N(C(=O)OC(C)(C)C)C2)cc1. The summed E-state index contributed by atoms with van der Waals surface area (Å²) in [6.07, 6.45) is -0.792. The highest BCUT2D eigenvalue weighted by molar-refractivity contribution is 5.89. The Kier molecular flexibility index (Phi) is 8.15. The van der Waals surface area contributed by atoms with Crippen LogP contribution in [-0.4, -0.2) is 53.8 Å². The lowest BCUT2D eigenvalue weighted by atomic mass is 10.2. The summed E-state index contributed by atoms with van der Waals surface area (Å²) >= 11 is 0. The molecule has 1 fully saturated rings. The third kappa shape index (κ3) is 6.97. The van der Waals surface area contributed by atoms with Crippen molar-refractivity contribution in [3.05, 3.63) is 65.7 Å². The zero-order valence-electron chi connectivity index (χ0n) is 20.0. The van der Waals surface area contributed by atoms with Gasteiger partial charge in [0, 0.05) is 6.42 Å². The molecule has 34 heavy (non-hydrogen) atoms. The third-order valence-electron chi connectivity index (χ3n) is 5.05. The number of likely N-dealkylation sites (tertiary alicyclic amines) is 1. The zero-order chi connectivity index (χ0) is 24.7. The second kappa shape index (κ2) is 11.0. The van der Waals surface area contributed by atoms with Crippen LogP contribution in [-0.2, 0) is 25.6 Å². The van der Waals surface area contributed by atoms with E-state index >= 15 is 0 Å². The van der Waals surface area contributed by atoms with Gasteiger partial charge in [0.05, 0.1) is 18.7 Å². The van der Waals surface area contributed by atoms with Crippen molar-refractivity contribution in [2.24, 2.45) is 0 Å². The standard InChI is InChI=1S/C26H31NO7/c1-5-31-23(28)19-11-13-20(14-12-19)33-21-15-22(27(16-21)25(30)34-26(2,3)4)24(29)32-17-18-9-7-6-8-10-18/h6-14,21-22H,5,15-17H2,1-4H3/t21-,22-/m0/s1. The molecule has 0 aliphatic carbocycles. The van der Waals surface area contributed by atoms with E-state index in [1.54, 1.807) is 52.0 Å². The number of esters is 2. The highest BCUT2D eigenvalue weighted by Gasteiger charge is 2.43. The van der Waals surface area contributed by atoms with Crippen molar-refractivity contribution in [1.29, 1.82) is 0 Å². The minimum atomic E-state index is -0.831. The van der Waals surface area contributed by atoms with Crippen molar-refractivity contribution in [3.8, 4) is 5.75 Å². The van der Waals surface area contributed by atoms with E-state index in [-0.39, 0.29) is 19.6 Å². The predicted octanol–water partition coefficient (Wildman–Crippen LogP) is 4.36. The minimum Gasteiger partial charge on any atom is -0.488 e. The second-order valence-corrected chi connectivity index (χ2v) is 8.96. The van der Waals surface area contributed by atoms with Gasteiger partial charge in [-0.15, -0.1) is 0 Å². The number of carbonyl (C=O) groups is 3. The van der Waals surface area contributed by atoms with Crippen molar-refractivity contribution < 1.29 is 33.3 Å². The summed E-state index contributed by atoms with van der Waals surface area (Å²) in [6, 6.07) is 15.0. The Hall–Kier alpha value is -3.55. The third-order valence-corrected chi connectivity index (χ3v) is 5.05. The van der Waals surface area contributed by atoms with E-state index in [4.69, 9.17) is 18.9 Å². The van der Waals surface area contributed by atoms with Gasteiger partial charge in [-0.05, 0) is 57.5 Å². The topological polar surface area (TPSA) is 91.4 Å². The molecule has 0 aromatic heterocycles. The van der Waals surface area contributed by atoms with E-state index in [0.29, 0.717) is 17.9 Å². The van der Waals surface area contributed by atoms with Crippen molar-refractivity contribution in [2.75, 3.05) is 13.2 Å². The maximum absolute atomic E-state index is 12.9. The quantitative estimate of drug-likeness (QED) is 0.439. The Labute approximate surface area is 199 Å². The first-order valence-corrected chi connectivity index (χ1v) is 11.3. The summed E-state index contributed by atoms with van der Waals surface area (Å²) in [6.45, 7) is 7.61. The predicted molar refractivity (Wildman–Crippen MR) is 124 cm³/mol. The molecule has 1 amide bonds. The largest absolute Gasteiger partial charge is 0.488 e. The van der Waals surface area contributed by atoms with Crippen LogP contribution in [0.1, 0.15) is 50.0 Å². The van der Waals surface area contributed by atoms with Crippen LogP contribution in [0.15, 0.2) is 54.6 Å². The number of amides is 1. The Morgan fingerprint density at radius 1 is 0.971 bits per heavy atom. The molecule has 8 heteroatoms. The molecule has 1 heterocycles. The van der Waals surface area contributed by atoms with Crippen LogP contribution < -0.4 is 4.74 Å². The van der Waals surface area contributed by atoms with Gasteiger partial charge in [0.1, 0.15) is 30.1 Å². The Morgan fingerprint density at radius 3 is 2.26 bits per heavy atom. The number of ether oxygens (including phenoxy) is 4. The summed E-state index contributed by atoms with van der Waals surface area (Å²) in [7, 11) is 0. The van der Waals surface area contributed by atoms with Crippen LogP contribution in [0.5, 0.6) is 5.75 Å². The van der Waals surface area contributed by atoms with E-state index in [0.717, 1.165) is 5.56 Å². The minimum absolute atomic E-state index is 0.110. The van der Waals surface area contributed by atoms with E-state index in [9.17, 15) is 14.4 Å². The molecular weight excluding hydrogens is 438 g/mol. The van der Waals surface area contributed by atoms with E-state index in [2.05, 4.69) is 0 Å². The van der Waals surface area contributed by atoms with Gasteiger partial charge in [-0.25, -0.2) is 14.4 Å². The lowest BCUT2D eigenvalue weighted by molar-refractivity contribution is -0.150. The summed E-state index contributed by atoms with van der Waals surface area (Å²) in [5, 5.41) is 0. The number of rotatable bonds is 7. The van der Waals surface area contributed by atoms with Gasteiger partial charge in [0.2, 0.25) is 0 Å². The maximum Gasteiger partial charge on any atom is 0.411 e. The Bertz CT molecular complexity index is 982. The second-order valence-electron chi connectivity index (χ2n) is 8.96. The monoisotopic (exact) mass is 469 g/mol. The summed E-state index contributed by atoms with van der Waals surface area (Å²) in [4.78, 5) is 38.9. The van der Waals surface area contributed by atoms with Crippen molar-refractivity contribution >= 4 is 18.0 Å².